The van der Waals surface area contributed by atoms with Crippen LogP contribution in [-0.2, 0) is 11.2 Å². The summed E-state index contributed by atoms with van der Waals surface area (Å²) in [4.78, 5) is 44.7. The van der Waals surface area contributed by atoms with Gasteiger partial charge < -0.3 is 32.1 Å². The van der Waals surface area contributed by atoms with Gasteiger partial charge in [-0.1, -0.05) is 97.1 Å². The Labute approximate surface area is 274 Å². The quantitative estimate of drug-likeness (QED) is 0.0635. The van der Waals surface area contributed by atoms with Crippen LogP contribution in [0.25, 0.3) is 10.8 Å². The Morgan fingerprint density at radius 3 is 2.28 bits per heavy atom. The van der Waals surface area contributed by atoms with Gasteiger partial charge in [0.1, 0.15) is 0 Å². The fourth-order valence-electron chi connectivity index (χ4n) is 6.59. The number of rotatable bonds is 13. The van der Waals surface area contributed by atoms with Crippen molar-refractivity contribution in [2.45, 2.75) is 49.7 Å². The van der Waals surface area contributed by atoms with Crippen LogP contribution in [0.3, 0.4) is 0 Å². The molecule has 3 atom stereocenters. The minimum absolute atomic E-state index is 0.00897. The van der Waals surface area contributed by atoms with E-state index in [0.29, 0.717) is 44.5 Å². The normalized spacial score (nSPS) is 17.2. The van der Waals surface area contributed by atoms with Gasteiger partial charge in [0.2, 0.25) is 5.91 Å². The molecule has 5 rings (SSSR count). The summed E-state index contributed by atoms with van der Waals surface area (Å²) in [5, 5.41) is 17.9. The fraction of sp³-hybridized carbons (Fsp3) is 0.297. The number of hydrogen-bond donors (Lipinski definition) is 5. The van der Waals surface area contributed by atoms with E-state index in [2.05, 4.69) is 39.9 Å². The standard InChI is InChI=1S/C37H42N6O4/c38-36(39)40-20-9-16-33-35(45)43(23-30(25-10-3-1-4-11-25)26-12-5-2-6-13-26)21-19-32(41-33)34(42-37(46)47)22-28-18-17-27-14-7-8-15-29(27)31(28)24-44/h1-8,10-15,17-18,24,30,32-34,41-42H,9,16,19-23H2,(H,46,47)(H4,38,39,40)/t32-,33-,34+/m0/s1. The van der Waals surface area contributed by atoms with Crippen molar-refractivity contribution < 1.29 is 19.5 Å². The Morgan fingerprint density at radius 1 is 0.979 bits per heavy atom. The van der Waals surface area contributed by atoms with Gasteiger partial charge in [0, 0.05) is 37.2 Å². The molecule has 1 fully saturated rings. The number of amides is 2. The van der Waals surface area contributed by atoms with E-state index in [-0.39, 0.29) is 24.2 Å². The largest absolute Gasteiger partial charge is 0.465 e. The minimum atomic E-state index is -1.17. The molecule has 1 saturated heterocycles. The number of carbonyl (C=O) groups is 3. The molecule has 1 aliphatic heterocycles. The molecule has 4 aromatic rings. The Kier molecular flexibility index (Phi) is 11.2. The Balaban J connectivity index is 1.45. The monoisotopic (exact) mass is 634 g/mol. The third-order valence-corrected chi connectivity index (χ3v) is 8.90. The van der Waals surface area contributed by atoms with Gasteiger partial charge in [0.15, 0.2) is 12.2 Å². The van der Waals surface area contributed by atoms with Crippen molar-refractivity contribution in [2.24, 2.45) is 16.5 Å². The number of carboxylic acid groups (broad SMARTS) is 1. The second kappa shape index (κ2) is 15.9. The number of benzene rings is 4. The zero-order valence-corrected chi connectivity index (χ0v) is 26.3. The zero-order chi connectivity index (χ0) is 33.2. The van der Waals surface area contributed by atoms with Gasteiger partial charge in [0.25, 0.3) is 0 Å². The van der Waals surface area contributed by atoms with Gasteiger partial charge >= 0.3 is 6.09 Å². The molecule has 0 spiro atoms. The van der Waals surface area contributed by atoms with Gasteiger partial charge in [-0.05, 0) is 53.1 Å². The Bertz CT molecular complexity index is 1650. The smallest absolute Gasteiger partial charge is 0.404 e. The molecule has 0 bridgehead atoms. The fourth-order valence-corrected chi connectivity index (χ4v) is 6.59. The first-order chi connectivity index (χ1) is 22.8. The molecule has 1 heterocycles. The molecule has 0 radical (unpaired) electrons. The van der Waals surface area contributed by atoms with Crippen LogP contribution >= 0.6 is 0 Å². The van der Waals surface area contributed by atoms with E-state index in [1.165, 1.54) is 0 Å². The molecule has 4 aromatic carbocycles. The third kappa shape index (κ3) is 8.53. The molecule has 2 amide bonds. The molecular weight excluding hydrogens is 592 g/mol. The molecule has 0 saturated carbocycles. The number of hydrogen-bond acceptors (Lipinski definition) is 5. The number of nitrogens with one attached hydrogen (secondary N) is 2. The second-order valence-electron chi connectivity index (χ2n) is 12.0. The number of nitrogens with two attached hydrogens (primary N) is 2. The first-order valence-electron chi connectivity index (χ1n) is 16.0. The first kappa shape index (κ1) is 33.2. The lowest BCUT2D eigenvalue weighted by Gasteiger charge is -2.30. The van der Waals surface area contributed by atoms with Gasteiger partial charge in [-0.15, -0.1) is 0 Å². The molecule has 244 valence electrons. The summed E-state index contributed by atoms with van der Waals surface area (Å²) < 4.78 is 0. The highest BCUT2D eigenvalue weighted by Gasteiger charge is 2.36. The molecule has 0 aromatic heterocycles. The van der Waals surface area contributed by atoms with Crippen LogP contribution in [-0.4, -0.2) is 72.0 Å². The van der Waals surface area contributed by atoms with E-state index >= 15 is 0 Å². The maximum Gasteiger partial charge on any atom is 0.404 e. The summed E-state index contributed by atoms with van der Waals surface area (Å²) in [6.45, 7) is 1.25. The lowest BCUT2D eigenvalue weighted by Crippen LogP contribution is -2.54. The molecule has 10 nitrogen and oxygen atoms in total. The van der Waals surface area contributed by atoms with Gasteiger partial charge in [0.05, 0.1) is 12.1 Å². The van der Waals surface area contributed by atoms with Crippen molar-refractivity contribution >= 4 is 35.0 Å². The predicted molar refractivity (Wildman–Crippen MR) is 185 cm³/mol. The maximum atomic E-state index is 14.3. The number of aliphatic imine (C=N–C) groups is 1. The third-order valence-electron chi connectivity index (χ3n) is 8.90. The van der Waals surface area contributed by atoms with Gasteiger partial charge in [-0.25, -0.2) is 4.79 Å². The predicted octanol–water partition coefficient (Wildman–Crippen LogP) is 4.28. The summed E-state index contributed by atoms with van der Waals surface area (Å²) >= 11 is 0. The van der Waals surface area contributed by atoms with E-state index in [4.69, 9.17) is 11.5 Å². The molecule has 7 N–H and O–H groups in total. The van der Waals surface area contributed by atoms with Crippen molar-refractivity contribution in [1.29, 1.82) is 0 Å². The van der Waals surface area contributed by atoms with Gasteiger partial charge in [-0.2, -0.15) is 0 Å². The van der Waals surface area contributed by atoms with Gasteiger partial charge in [-0.3, -0.25) is 14.6 Å². The molecular formula is C37H42N6O4. The van der Waals surface area contributed by atoms with Crippen molar-refractivity contribution in [3.8, 4) is 0 Å². The highest BCUT2D eigenvalue weighted by Crippen LogP contribution is 2.28. The van der Waals surface area contributed by atoms with E-state index in [1.54, 1.807) is 0 Å². The van der Waals surface area contributed by atoms with Crippen LogP contribution < -0.4 is 22.1 Å². The highest BCUT2D eigenvalue weighted by molar-refractivity contribution is 5.99. The van der Waals surface area contributed by atoms with Crippen molar-refractivity contribution in [3.05, 3.63) is 119 Å². The van der Waals surface area contributed by atoms with E-state index in [1.807, 2.05) is 77.7 Å². The summed E-state index contributed by atoms with van der Waals surface area (Å²) in [6.07, 6.45) is 1.45. The van der Waals surface area contributed by atoms with E-state index in [0.717, 1.165) is 33.7 Å². The minimum Gasteiger partial charge on any atom is -0.465 e. The second-order valence-corrected chi connectivity index (χ2v) is 12.0. The Morgan fingerprint density at radius 2 is 1.64 bits per heavy atom. The lowest BCUT2D eigenvalue weighted by atomic mass is 9.90. The number of guanidine groups is 1. The average molecular weight is 635 g/mol. The highest BCUT2D eigenvalue weighted by atomic mass is 16.4. The average Bonchev–Trinajstić information content (AvgIpc) is 3.23. The van der Waals surface area contributed by atoms with Crippen molar-refractivity contribution in [3.63, 3.8) is 0 Å². The number of fused-ring (bicyclic) bond motifs is 1. The van der Waals surface area contributed by atoms with Crippen LogP contribution in [0.4, 0.5) is 4.79 Å². The Hall–Kier alpha value is -5.22. The molecule has 10 heteroatoms. The molecule has 1 aliphatic rings. The molecule has 0 aliphatic carbocycles. The molecule has 0 unspecified atom stereocenters. The van der Waals surface area contributed by atoms with E-state index in [9.17, 15) is 19.5 Å². The summed E-state index contributed by atoms with van der Waals surface area (Å²) in [5.74, 6) is -0.117. The van der Waals surface area contributed by atoms with Crippen molar-refractivity contribution in [2.75, 3.05) is 19.6 Å². The number of nitrogens with zero attached hydrogens (tertiary/aromatic N) is 2. The van der Waals surface area contributed by atoms with Crippen LogP contribution in [0.5, 0.6) is 0 Å². The molecule has 47 heavy (non-hydrogen) atoms. The zero-order valence-electron chi connectivity index (χ0n) is 26.3. The van der Waals surface area contributed by atoms with Crippen LogP contribution in [0.1, 0.15) is 52.2 Å². The first-order valence-corrected chi connectivity index (χ1v) is 16.0. The SMILES string of the molecule is NC(N)=NCCC[C@@H]1N[C@H]([C@@H](Cc2ccc3ccccc3c2C=O)NC(=O)O)CCN(CC(c2ccccc2)c2ccccc2)C1=O. The van der Waals surface area contributed by atoms with Crippen LogP contribution in [0.15, 0.2) is 102 Å². The van der Waals surface area contributed by atoms with Crippen LogP contribution in [0, 0.1) is 0 Å². The summed E-state index contributed by atoms with van der Waals surface area (Å²) in [7, 11) is 0. The lowest BCUT2D eigenvalue weighted by molar-refractivity contribution is -0.133. The number of aldehydes is 1. The maximum absolute atomic E-state index is 14.3. The topological polar surface area (TPSA) is 163 Å². The summed E-state index contributed by atoms with van der Waals surface area (Å²) in [6, 6.07) is 30.1. The van der Waals surface area contributed by atoms with E-state index < -0.39 is 24.2 Å². The number of carbonyl (C=O) groups excluding carboxylic acids is 2. The van der Waals surface area contributed by atoms with Crippen molar-refractivity contribution in [1.82, 2.24) is 15.5 Å². The van der Waals surface area contributed by atoms with Crippen LogP contribution in [0.2, 0.25) is 0 Å². The summed E-state index contributed by atoms with van der Waals surface area (Å²) in [5.41, 5.74) is 14.6.